The molecule has 0 saturated carbocycles. The quantitative estimate of drug-likeness (QED) is 0.350. The molecule has 0 rings (SSSR count). The van der Waals surface area contributed by atoms with Gasteiger partial charge in [0.15, 0.2) is 0 Å². The average molecular weight is 158 g/mol. The third-order valence-electron chi connectivity index (χ3n) is 1.57. The summed E-state index contributed by atoms with van der Waals surface area (Å²) < 4.78 is 5.39. The molecule has 0 fully saturated rings. The van der Waals surface area contributed by atoms with Crippen LogP contribution in [0.2, 0.25) is 0 Å². The predicted molar refractivity (Wildman–Crippen MR) is 46.9 cm³/mol. The maximum Gasteiger partial charge on any atom is 0.0906 e. The van der Waals surface area contributed by atoms with Gasteiger partial charge in [0, 0.05) is 13.0 Å². The molecule has 1 unspecified atom stereocenters. The van der Waals surface area contributed by atoms with Gasteiger partial charge in [0.2, 0.25) is 0 Å². The molecule has 3 heteroatoms. The molecule has 0 aliphatic heterocycles. The van der Waals surface area contributed by atoms with E-state index < -0.39 is 0 Å². The molecule has 0 saturated heterocycles. The van der Waals surface area contributed by atoms with E-state index in [9.17, 15) is 0 Å². The molecule has 1 atom stereocenters. The van der Waals surface area contributed by atoms with Gasteiger partial charge in [0.1, 0.15) is 0 Å². The minimum atomic E-state index is 0.248. The number of nitrogens with one attached hydrogen (secondary N) is 1. The van der Waals surface area contributed by atoms with Crippen LogP contribution in [0.25, 0.3) is 0 Å². The Bertz CT molecular complexity index is 115. The molecule has 0 aromatic carbocycles. The highest BCUT2D eigenvalue weighted by Gasteiger charge is 1.97. The van der Waals surface area contributed by atoms with Gasteiger partial charge < -0.3 is 10.5 Å². The van der Waals surface area contributed by atoms with Crippen molar-refractivity contribution >= 4 is 5.84 Å². The molecule has 3 nitrogen and oxygen atoms in total. The number of hydrogen-bond donors (Lipinski definition) is 2. The molecular formula is C8H18N2O. The zero-order valence-corrected chi connectivity index (χ0v) is 7.39. The molecule has 0 radical (unpaired) electrons. The maximum absolute atomic E-state index is 6.95. The minimum absolute atomic E-state index is 0.248. The van der Waals surface area contributed by atoms with Gasteiger partial charge in [0.05, 0.1) is 11.9 Å². The van der Waals surface area contributed by atoms with Gasteiger partial charge in [-0.1, -0.05) is 6.92 Å². The van der Waals surface area contributed by atoms with E-state index >= 15 is 0 Å². The van der Waals surface area contributed by atoms with E-state index in [4.69, 9.17) is 15.9 Å². The zero-order valence-electron chi connectivity index (χ0n) is 7.39. The van der Waals surface area contributed by atoms with Crippen molar-refractivity contribution in [2.75, 3.05) is 6.61 Å². The number of ether oxygens (including phenoxy) is 1. The molecule has 0 spiro atoms. The second-order valence-electron chi connectivity index (χ2n) is 2.72. The third kappa shape index (κ3) is 7.33. The monoisotopic (exact) mass is 158 g/mol. The van der Waals surface area contributed by atoms with E-state index in [1.807, 2.05) is 6.92 Å². The second-order valence-corrected chi connectivity index (χ2v) is 2.72. The van der Waals surface area contributed by atoms with Crippen LogP contribution in [0.5, 0.6) is 0 Å². The molecule has 66 valence electrons. The molecular weight excluding hydrogens is 140 g/mol. The Labute approximate surface area is 68.4 Å². The lowest BCUT2D eigenvalue weighted by Crippen LogP contribution is -2.12. The fourth-order valence-corrected chi connectivity index (χ4v) is 0.665. The van der Waals surface area contributed by atoms with E-state index in [0.717, 1.165) is 12.8 Å². The highest BCUT2D eigenvalue weighted by molar-refractivity contribution is 5.76. The van der Waals surface area contributed by atoms with Crippen LogP contribution in [0.3, 0.4) is 0 Å². The van der Waals surface area contributed by atoms with Gasteiger partial charge in [-0.3, -0.25) is 5.41 Å². The summed E-state index contributed by atoms with van der Waals surface area (Å²) in [6, 6.07) is 0. The fourth-order valence-electron chi connectivity index (χ4n) is 0.665. The largest absolute Gasteiger partial charge is 0.388 e. The van der Waals surface area contributed by atoms with Gasteiger partial charge >= 0.3 is 0 Å². The number of rotatable bonds is 6. The average Bonchev–Trinajstić information content (AvgIpc) is 1.97. The smallest absolute Gasteiger partial charge is 0.0906 e. The van der Waals surface area contributed by atoms with E-state index in [0.29, 0.717) is 19.1 Å². The molecule has 3 N–H and O–H groups in total. The normalized spacial score (nSPS) is 12.9. The lowest BCUT2D eigenvalue weighted by Gasteiger charge is -2.09. The van der Waals surface area contributed by atoms with Gasteiger partial charge in [0.25, 0.3) is 0 Å². The third-order valence-corrected chi connectivity index (χ3v) is 1.57. The second kappa shape index (κ2) is 6.16. The molecule has 0 aliphatic carbocycles. The molecule has 0 aromatic rings. The summed E-state index contributed by atoms with van der Waals surface area (Å²) in [4.78, 5) is 0. The molecule has 0 bridgehead atoms. The van der Waals surface area contributed by atoms with Crippen molar-refractivity contribution in [1.29, 1.82) is 5.41 Å². The van der Waals surface area contributed by atoms with Crippen molar-refractivity contribution in [1.82, 2.24) is 0 Å². The molecule has 0 heterocycles. The Balaban J connectivity index is 3.08. The molecule has 11 heavy (non-hydrogen) atoms. The van der Waals surface area contributed by atoms with Gasteiger partial charge in [-0.25, -0.2) is 0 Å². The highest BCUT2D eigenvalue weighted by Crippen LogP contribution is 1.97. The van der Waals surface area contributed by atoms with Gasteiger partial charge in [-0.2, -0.15) is 0 Å². The van der Waals surface area contributed by atoms with E-state index in [1.54, 1.807) is 0 Å². The summed E-state index contributed by atoms with van der Waals surface area (Å²) in [7, 11) is 0. The van der Waals surface area contributed by atoms with Crippen LogP contribution < -0.4 is 5.73 Å². The predicted octanol–water partition coefficient (Wildman–Crippen LogP) is 1.52. The fraction of sp³-hybridized carbons (Fsp3) is 0.875. The molecule has 0 aliphatic rings. The lowest BCUT2D eigenvalue weighted by atomic mass is 10.3. The van der Waals surface area contributed by atoms with Gasteiger partial charge in [-0.05, 0) is 19.8 Å². The number of amidine groups is 1. The van der Waals surface area contributed by atoms with E-state index in [2.05, 4.69) is 6.92 Å². The first-order valence-electron chi connectivity index (χ1n) is 4.11. The standard InChI is InChI=1S/C8H18N2O/c1-3-7(2)11-6-4-5-8(9)10/h7H,3-6H2,1-2H3,(H3,9,10). The van der Waals surface area contributed by atoms with Crippen LogP contribution in [0, 0.1) is 5.41 Å². The minimum Gasteiger partial charge on any atom is -0.388 e. The lowest BCUT2D eigenvalue weighted by molar-refractivity contribution is 0.0628. The first-order valence-corrected chi connectivity index (χ1v) is 4.11. The van der Waals surface area contributed by atoms with Crippen LogP contribution in [0.1, 0.15) is 33.1 Å². The number of nitrogens with two attached hydrogens (primary N) is 1. The summed E-state index contributed by atoms with van der Waals surface area (Å²) >= 11 is 0. The van der Waals surface area contributed by atoms with Crippen molar-refractivity contribution in [3.8, 4) is 0 Å². The van der Waals surface area contributed by atoms with Crippen LogP contribution in [-0.2, 0) is 4.74 Å². The number of hydrogen-bond acceptors (Lipinski definition) is 2. The Morgan fingerprint density at radius 1 is 1.64 bits per heavy atom. The Morgan fingerprint density at radius 3 is 2.73 bits per heavy atom. The summed E-state index contributed by atoms with van der Waals surface area (Å²) in [5.41, 5.74) is 5.17. The topological polar surface area (TPSA) is 59.1 Å². The summed E-state index contributed by atoms with van der Waals surface area (Å²) in [5, 5.41) is 6.95. The van der Waals surface area contributed by atoms with Crippen molar-refractivity contribution in [2.24, 2.45) is 5.73 Å². The van der Waals surface area contributed by atoms with Crippen molar-refractivity contribution in [2.45, 2.75) is 39.2 Å². The Hall–Kier alpha value is -0.570. The maximum atomic E-state index is 6.95. The summed E-state index contributed by atoms with van der Waals surface area (Å²) in [5.74, 6) is 0.248. The molecule has 0 aromatic heterocycles. The van der Waals surface area contributed by atoms with Crippen LogP contribution in [-0.4, -0.2) is 18.5 Å². The summed E-state index contributed by atoms with van der Waals surface area (Å²) in [6.45, 7) is 4.86. The Morgan fingerprint density at radius 2 is 2.27 bits per heavy atom. The first kappa shape index (κ1) is 10.4. The summed E-state index contributed by atoms with van der Waals surface area (Å²) in [6.07, 6.45) is 2.89. The van der Waals surface area contributed by atoms with E-state index in [1.165, 1.54) is 0 Å². The SMILES string of the molecule is CCC(C)OCCCC(=N)N. The van der Waals surface area contributed by atoms with E-state index in [-0.39, 0.29) is 5.84 Å². The van der Waals surface area contributed by atoms with Crippen LogP contribution >= 0.6 is 0 Å². The highest BCUT2D eigenvalue weighted by atomic mass is 16.5. The van der Waals surface area contributed by atoms with Gasteiger partial charge in [-0.15, -0.1) is 0 Å². The van der Waals surface area contributed by atoms with Crippen LogP contribution in [0.15, 0.2) is 0 Å². The zero-order chi connectivity index (χ0) is 8.69. The Kier molecular flexibility index (Phi) is 5.84. The van der Waals surface area contributed by atoms with Crippen LogP contribution in [0.4, 0.5) is 0 Å². The van der Waals surface area contributed by atoms with Crippen molar-refractivity contribution < 1.29 is 4.74 Å². The first-order chi connectivity index (χ1) is 5.16. The van der Waals surface area contributed by atoms with Crippen molar-refractivity contribution in [3.63, 3.8) is 0 Å². The molecule has 0 amide bonds. The van der Waals surface area contributed by atoms with Crippen molar-refractivity contribution in [3.05, 3.63) is 0 Å².